The first-order chi connectivity index (χ1) is 12.2. The van der Waals surface area contributed by atoms with Gasteiger partial charge in [-0.15, -0.1) is 12.4 Å². The number of carbonyl (C=O) groups excluding carboxylic acids is 1. The van der Waals surface area contributed by atoms with E-state index in [9.17, 15) is 18.0 Å². The van der Waals surface area contributed by atoms with Crippen molar-refractivity contribution in [1.82, 2.24) is 10.2 Å². The minimum absolute atomic E-state index is 0. The van der Waals surface area contributed by atoms with Crippen LogP contribution in [0.15, 0.2) is 24.3 Å². The zero-order valence-electron chi connectivity index (χ0n) is 16.2. The summed E-state index contributed by atoms with van der Waals surface area (Å²) >= 11 is 0. The highest BCUT2D eigenvalue weighted by Crippen LogP contribution is 2.32. The molecule has 1 aromatic carbocycles. The van der Waals surface area contributed by atoms with E-state index in [0.717, 1.165) is 38.1 Å². The minimum atomic E-state index is -4.37. The van der Waals surface area contributed by atoms with E-state index in [0.29, 0.717) is 24.4 Å². The third-order valence-electron chi connectivity index (χ3n) is 5.51. The molecule has 0 aliphatic carbocycles. The Bertz CT molecular complexity index is 603. The molecule has 1 amide bonds. The lowest BCUT2D eigenvalue weighted by Crippen LogP contribution is -2.37. The standard InChI is InChI=1S/C20H29F3N2O.ClH/c1-4-25(19(26)12-14(2)16-8-10-24-11-9-16)15(3)17-6-5-7-18(13-17)20(21,22)23;/h5-7,13-16,24H,4,8-12H2,1-3H3;1H. The molecule has 0 radical (unpaired) electrons. The average molecular weight is 407 g/mol. The first-order valence-corrected chi connectivity index (χ1v) is 9.41. The molecule has 2 atom stereocenters. The molecule has 0 bridgehead atoms. The first-order valence-electron chi connectivity index (χ1n) is 9.41. The van der Waals surface area contributed by atoms with Crippen LogP contribution in [-0.4, -0.2) is 30.4 Å². The Morgan fingerprint density at radius 2 is 1.89 bits per heavy atom. The van der Waals surface area contributed by atoms with Crippen molar-refractivity contribution >= 4 is 18.3 Å². The van der Waals surface area contributed by atoms with Crippen LogP contribution in [0, 0.1) is 11.8 Å². The van der Waals surface area contributed by atoms with E-state index >= 15 is 0 Å². The van der Waals surface area contributed by atoms with Crippen LogP contribution >= 0.6 is 12.4 Å². The summed E-state index contributed by atoms with van der Waals surface area (Å²) in [7, 11) is 0. The molecule has 1 aliphatic rings. The van der Waals surface area contributed by atoms with Gasteiger partial charge >= 0.3 is 6.18 Å². The molecular weight excluding hydrogens is 377 g/mol. The van der Waals surface area contributed by atoms with E-state index in [4.69, 9.17) is 0 Å². The molecular formula is C20H30ClF3N2O. The van der Waals surface area contributed by atoms with E-state index in [1.54, 1.807) is 17.9 Å². The van der Waals surface area contributed by atoms with Crippen LogP contribution in [0.4, 0.5) is 13.2 Å². The van der Waals surface area contributed by atoms with Gasteiger partial charge in [-0.1, -0.05) is 19.1 Å². The molecule has 1 heterocycles. The molecule has 0 saturated carbocycles. The molecule has 0 aromatic heterocycles. The fourth-order valence-electron chi connectivity index (χ4n) is 3.79. The third kappa shape index (κ3) is 6.39. The molecule has 2 rings (SSSR count). The molecule has 7 heteroatoms. The summed E-state index contributed by atoms with van der Waals surface area (Å²) < 4.78 is 38.9. The summed E-state index contributed by atoms with van der Waals surface area (Å²) in [6.07, 6.45) is -1.78. The van der Waals surface area contributed by atoms with Gasteiger partial charge in [0.1, 0.15) is 0 Å². The summed E-state index contributed by atoms with van der Waals surface area (Å²) in [4.78, 5) is 14.5. The zero-order chi connectivity index (χ0) is 19.3. The summed E-state index contributed by atoms with van der Waals surface area (Å²) in [5, 5.41) is 3.33. The number of hydrogen-bond acceptors (Lipinski definition) is 2. The Kier molecular flexibility index (Phi) is 9.09. The topological polar surface area (TPSA) is 32.3 Å². The lowest BCUT2D eigenvalue weighted by Gasteiger charge is -2.32. The van der Waals surface area contributed by atoms with Gasteiger partial charge in [-0.2, -0.15) is 13.2 Å². The van der Waals surface area contributed by atoms with E-state index in [1.807, 2.05) is 6.92 Å². The number of piperidine rings is 1. The highest BCUT2D eigenvalue weighted by atomic mass is 35.5. The largest absolute Gasteiger partial charge is 0.416 e. The summed E-state index contributed by atoms with van der Waals surface area (Å²) in [6, 6.07) is 4.90. The number of halogens is 4. The number of rotatable bonds is 6. The number of amides is 1. The smallest absolute Gasteiger partial charge is 0.336 e. The number of benzene rings is 1. The van der Waals surface area contributed by atoms with Crippen LogP contribution in [-0.2, 0) is 11.0 Å². The predicted molar refractivity (Wildman–Crippen MR) is 104 cm³/mol. The Morgan fingerprint density at radius 3 is 2.44 bits per heavy atom. The first kappa shape index (κ1) is 23.8. The lowest BCUT2D eigenvalue weighted by molar-refractivity contribution is -0.137. The Morgan fingerprint density at radius 1 is 1.26 bits per heavy atom. The number of carbonyl (C=O) groups is 1. The summed E-state index contributed by atoms with van der Waals surface area (Å²) in [5.74, 6) is 0.832. The van der Waals surface area contributed by atoms with Crippen molar-refractivity contribution in [1.29, 1.82) is 0 Å². The number of alkyl halides is 3. The highest BCUT2D eigenvalue weighted by molar-refractivity contribution is 5.85. The van der Waals surface area contributed by atoms with Gasteiger partial charge in [0.2, 0.25) is 5.91 Å². The predicted octanol–water partition coefficient (Wildman–Crippen LogP) is 5.06. The third-order valence-corrected chi connectivity index (χ3v) is 5.51. The fraction of sp³-hybridized carbons (Fsp3) is 0.650. The number of nitrogens with zero attached hydrogens (tertiary/aromatic N) is 1. The second-order valence-corrected chi connectivity index (χ2v) is 7.25. The van der Waals surface area contributed by atoms with Gasteiger partial charge in [-0.3, -0.25) is 4.79 Å². The summed E-state index contributed by atoms with van der Waals surface area (Å²) in [5.41, 5.74) is -0.155. The molecule has 0 spiro atoms. The molecule has 154 valence electrons. The second kappa shape index (κ2) is 10.3. The van der Waals surface area contributed by atoms with E-state index in [2.05, 4.69) is 12.2 Å². The number of nitrogens with one attached hydrogen (secondary N) is 1. The monoisotopic (exact) mass is 406 g/mol. The maximum Gasteiger partial charge on any atom is 0.416 e. The van der Waals surface area contributed by atoms with E-state index in [1.165, 1.54) is 6.07 Å². The van der Waals surface area contributed by atoms with Gasteiger partial charge in [0.15, 0.2) is 0 Å². The Balaban J connectivity index is 0.00000364. The van der Waals surface area contributed by atoms with Crippen molar-refractivity contribution in [2.75, 3.05) is 19.6 Å². The van der Waals surface area contributed by atoms with Crippen LogP contribution in [0.2, 0.25) is 0 Å². The van der Waals surface area contributed by atoms with Gasteiger partial charge in [-0.25, -0.2) is 0 Å². The Hall–Kier alpha value is -1.27. The van der Waals surface area contributed by atoms with Crippen molar-refractivity contribution < 1.29 is 18.0 Å². The van der Waals surface area contributed by atoms with Crippen molar-refractivity contribution in [2.45, 2.75) is 52.3 Å². The average Bonchev–Trinajstić information content (AvgIpc) is 2.62. The van der Waals surface area contributed by atoms with Gasteiger partial charge in [0.05, 0.1) is 11.6 Å². The second-order valence-electron chi connectivity index (χ2n) is 7.25. The van der Waals surface area contributed by atoms with Crippen molar-refractivity contribution in [2.24, 2.45) is 11.8 Å². The Labute approximate surface area is 166 Å². The van der Waals surface area contributed by atoms with Gasteiger partial charge in [0.25, 0.3) is 0 Å². The van der Waals surface area contributed by atoms with Gasteiger partial charge in [-0.05, 0) is 69.3 Å². The highest BCUT2D eigenvalue weighted by Gasteiger charge is 2.32. The molecule has 2 unspecified atom stereocenters. The summed E-state index contributed by atoms with van der Waals surface area (Å²) in [6.45, 7) is 8.23. The SMILES string of the molecule is CCN(C(=O)CC(C)C1CCNCC1)C(C)c1cccc(C(F)(F)F)c1.Cl. The van der Waals surface area contributed by atoms with Crippen LogP contribution in [0.3, 0.4) is 0 Å². The zero-order valence-corrected chi connectivity index (χ0v) is 17.0. The van der Waals surface area contributed by atoms with Crippen molar-refractivity contribution in [3.05, 3.63) is 35.4 Å². The maximum absolute atomic E-state index is 13.0. The molecule has 1 aliphatic heterocycles. The lowest BCUT2D eigenvalue weighted by atomic mass is 9.84. The molecule has 1 fully saturated rings. The van der Waals surface area contributed by atoms with Crippen molar-refractivity contribution in [3.63, 3.8) is 0 Å². The van der Waals surface area contributed by atoms with Crippen molar-refractivity contribution in [3.8, 4) is 0 Å². The van der Waals surface area contributed by atoms with Crippen LogP contribution in [0.5, 0.6) is 0 Å². The van der Waals surface area contributed by atoms with E-state index in [-0.39, 0.29) is 30.3 Å². The normalized spacial score (nSPS) is 17.7. The number of hydrogen-bond donors (Lipinski definition) is 1. The van der Waals surface area contributed by atoms with Crippen LogP contribution in [0.1, 0.15) is 57.2 Å². The fourth-order valence-corrected chi connectivity index (χ4v) is 3.79. The molecule has 27 heavy (non-hydrogen) atoms. The molecule has 1 aromatic rings. The molecule has 3 nitrogen and oxygen atoms in total. The minimum Gasteiger partial charge on any atom is -0.336 e. The molecule has 1 saturated heterocycles. The quantitative estimate of drug-likeness (QED) is 0.715. The van der Waals surface area contributed by atoms with Crippen LogP contribution < -0.4 is 5.32 Å². The van der Waals surface area contributed by atoms with E-state index < -0.39 is 11.7 Å². The van der Waals surface area contributed by atoms with Gasteiger partial charge in [0, 0.05) is 13.0 Å². The maximum atomic E-state index is 13.0. The molecule has 1 N–H and O–H groups in total. The van der Waals surface area contributed by atoms with Crippen LogP contribution in [0.25, 0.3) is 0 Å². The van der Waals surface area contributed by atoms with Gasteiger partial charge < -0.3 is 10.2 Å².